The molecular weight excluding hydrogens is 304 g/mol. The predicted molar refractivity (Wildman–Crippen MR) is 89.1 cm³/mol. The Balaban J connectivity index is 2.07. The van der Waals surface area contributed by atoms with E-state index in [-0.39, 0.29) is 22.9 Å². The van der Waals surface area contributed by atoms with Crippen molar-refractivity contribution in [2.24, 2.45) is 0 Å². The van der Waals surface area contributed by atoms with Crippen LogP contribution in [0.5, 0.6) is 5.75 Å². The highest BCUT2D eigenvalue weighted by atomic mass is 16.5. The van der Waals surface area contributed by atoms with E-state index in [1.54, 1.807) is 43.5 Å². The van der Waals surface area contributed by atoms with Gasteiger partial charge in [-0.15, -0.1) is 0 Å². The Bertz CT molecular complexity index is 922. The van der Waals surface area contributed by atoms with Crippen molar-refractivity contribution in [3.05, 3.63) is 71.4 Å². The molecular formula is C18H14N4O2. The molecule has 3 aromatic rings. The van der Waals surface area contributed by atoms with Gasteiger partial charge in [-0.2, -0.15) is 10.4 Å². The molecule has 6 heteroatoms. The van der Waals surface area contributed by atoms with Crippen LogP contribution in [0, 0.1) is 11.3 Å². The number of methoxy groups -OCH3 is 1. The smallest absolute Gasteiger partial charge is 0.214 e. The molecule has 0 fully saturated rings. The minimum atomic E-state index is -0.365. The molecule has 0 unspecified atom stereocenters. The SMILES string of the molecule is COc1ccc(C(=O)c2nn(-c3ccccc3)c(N)c2C#N)cc1. The fourth-order valence-corrected chi connectivity index (χ4v) is 2.35. The molecule has 6 nitrogen and oxygen atoms in total. The molecule has 24 heavy (non-hydrogen) atoms. The first-order valence-electron chi connectivity index (χ1n) is 7.18. The van der Waals surface area contributed by atoms with E-state index in [4.69, 9.17) is 10.5 Å². The Morgan fingerprint density at radius 3 is 2.42 bits per heavy atom. The van der Waals surface area contributed by atoms with Crippen LogP contribution in [0.3, 0.4) is 0 Å². The third-order valence-corrected chi connectivity index (χ3v) is 3.60. The van der Waals surface area contributed by atoms with Gasteiger partial charge in [0.2, 0.25) is 5.78 Å². The van der Waals surface area contributed by atoms with Gasteiger partial charge in [0.15, 0.2) is 5.69 Å². The first-order valence-corrected chi connectivity index (χ1v) is 7.18. The van der Waals surface area contributed by atoms with Crippen molar-refractivity contribution < 1.29 is 9.53 Å². The Morgan fingerprint density at radius 1 is 1.17 bits per heavy atom. The lowest BCUT2D eigenvalue weighted by molar-refractivity contribution is 0.103. The summed E-state index contributed by atoms with van der Waals surface area (Å²) in [6.45, 7) is 0. The van der Waals surface area contributed by atoms with Crippen LogP contribution in [-0.4, -0.2) is 22.7 Å². The van der Waals surface area contributed by atoms with Gasteiger partial charge in [-0.25, -0.2) is 4.68 Å². The number of ether oxygens (including phenoxy) is 1. The zero-order chi connectivity index (χ0) is 17.1. The van der Waals surface area contributed by atoms with Crippen LogP contribution < -0.4 is 10.5 Å². The van der Waals surface area contributed by atoms with Gasteiger partial charge in [0, 0.05) is 5.56 Å². The van der Waals surface area contributed by atoms with Gasteiger partial charge < -0.3 is 10.5 Å². The molecule has 2 aromatic carbocycles. The number of carbonyl (C=O) groups is 1. The summed E-state index contributed by atoms with van der Waals surface area (Å²) in [4.78, 5) is 12.7. The Hall–Kier alpha value is -3.59. The largest absolute Gasteiger partial charge is 0.497 e. The second-order valence-electron chi connectivity index (χ2n) is 5.03. The van der Waals surface area contributed by atoms with Crippen molar-refractivity contribution in [1.29, 1.82) is 5.26 Å². The van der Waals surface area contributed by atoms with Crippen molar-refractivity contribution in [3.8, 4) is 17.5 Å². The average Bonchev–Trinajstić information content (AvgIpc) is 2.98. The molecule has 0 radical (unpaired) electrons. The lowest BCUT2D eigenvalue weighted by Crippen LogP contribution is -2.05. The molecule has 1 heterocycles. The molecule has 0 spiro atoms. The van der Waals surface area contributed by atoms with Gasteiger partial charge >= 0.3 is 0 Å². The number of nitrogens with zero attached hydrogens (tertiary/aromatic N) is 3. The molecule has 0 bridgehead atoms. The average molecular weight is 318 g/mol. The Morgan fingerprint density at radius 2 is 1.83 bits per heavy atom. The summed E-state index contributed by atoms with van der Waals surface area (Å²) in [6, 6.07) is 17.7. The van der Waals surface area contributed by atoms with Crippen LogP contribution in [-0.2, 0) is 0 Å². The second-order valence-corrected chi connectivity index (χ2v) is 5.03. The monoisotopic (exact) mass is 318 g/mol. The van der Waals surface area contributed by atoms with Crippen molar-refractivity contribution in [3.63, 3.8) is 0 Å². The van der Waals surface area contributed by atoms with Gasteiger partial charge in [-0.05, 0) is 36.4 Å². The van der Waals surface area contributed by atoms with Gasteiger partial charge in [0.1, 0.15) is 23.2 Å². The number of nitrogens with two attached hydrogens (primary N) is 1. The maximum absolute atomic E-state index is 12.7. The fourth-order valence-electron chi connectivity index (χ4n) is 2.35. The zero-order valence-corrected chi connectivity index (χ0v) is 12.9. The van der Waals surface area contributed by atoms with Crippen molar-refractivity contribution in [2.45, 2.75) is 0 Å². The van der Waals surface area contributed by atoms with E-state index < -0.39 is 0 Å². The van der Waals surface area contributed by atoms with Gasteiger partial charge in [-0.1, -0.05) is 18.2 Å². The van der Waals surface area contributed by atoms with Crippen molar-refractivity contribution >= 4 is 11.6 Å². The quantitative estimate of drug-likeness (QED) is 0.746. The molecule has 2 N–H and O–H groups in total. The third-order valence-electron chi connectivity index (χ3n) is 3.60. The number of anilines is 1. The summed E-state index contributed by atoms with van der Waals surface area (Å²) >= 11 is 0. The number of para-hydroxylation sites is 1. The minimum Gasteiger partial charge on any atom is -0.497 e. The van der Waals surface area contributed by atoms with E-state index in [0.717, 1.165) is 0 Å². The summed E-state index contributed by atoms with van der Waals surface area (Å²) in [6.07, 6.45) is 0. The van der Waals surface area contributed by atoms with E-state index in [9.17, 15) is 10.1 Å². The minimum absolute atomic E-state index is 0.0315. The van der Waals surface area contributed by atoms with E-state index >= 15 is 0 Å². The maximum atomic E-state index is 12.7. The number of benzene rings is 2. The zero-order valence-electron chi connectivity index (χ0n) is 12.9. The Kier molecular flexibility index (Phi) is 4.00. The van der Waals surface area contributed by atoms with Gasteiger partial charge in [-0.3, -0.25) is 4.79 Å². The van der Waals surface area contributed by atoms with Crippen molar-refractivity contribution in [2.75, 3.05) is 12.8 Å². The predicted octanol–water partition coefficient (Wildman–Crippen LogP) is 2.57. The lowest BCUT2D eigenvalue weighted by Gasteiger charge is -2.02. The van der Waals surface area contributed by atoms with Crippen LogP contribution in [0.1, 0.15) is 21.6 Å². The van der Waals surface area contributed by atoms with E-state index in [2.05, 4.69) is 5.10 Å². The number of nitriles is 1. The summed E-state index contributed by atoms with van der Waals surface area (Å²) in [5, 5.41) is 13.6. The third kappa shape index (κ3) is 2.59. The molecule has 0 aliphatic carbocycles. The number of hydrogen-bond donors (Lipinski definition) is 1. The second kappa shape index (κ2) is 6.26. The summed E-state index contributed by atoms with van der Waals surface area (Å²) in [5.41, 5.74) is 7.20. The van der Waals surface area contributed by atoms with E-state index in [1.807, 2.05) is 24.3 Å². The van der Waals surface area contributed by atoms with Crippen LogP contribution in [0.25, 0.3) is 5.69 Å². The molecule has 0 saturated heterocycles. The van der Waals surface area contributed by atoms with Crippen LogP contribution >= 0.6 is 0 Å². The number of nitrogen functional groups attached to an aromatic ring is 1. The Labute approximate surface area is 138 Å². The summed E-state index contributed by atoms with van der Waals surface area (Å²) < 4.78 is 6.48. The number of aromatic nitrogens is 2. The topological polar surface area (TPSA) is 93.9 Å². The molecule has 1 aromatic heterocycles. The fraction of sp³-hybridized carbons (Fsp3) is 0.0556. The van der Waals surface area contributed by atoms with Crippen LogP contribution in [0.15, 0.2) is 54.6 Å². The normalized spacial score (nSPS) is 10.2. The van der Waals surface area contributed by atoms with Gasteiger partial charge in [0.05, 0.1) is 12.8 Å². The highest BCUT2D eigenvalue weighted by Gasteiger charge is 2.23. The number of ketones is 1. The summed E-state index contributed by atoms with van der Waals surface area (Å²) in [5.74, 6) is 0.414. The van der Waals surface area contributed by atoms with Crippen LogP contribution in [0.2, 0.25) is 0 Å². The molecule has 0 amide bonds. The molecule has 0 aliphatic rings. The maximum Gasteiger partial charge on any atom is 0.214 e. The highest BCUT2D eigenvalue weighted by Crippen LogP contribution is 2.23. The molecule has 3 rings (SSSR count). The number of rotatable bonds is 4. The first kappa shape index (κ1) is 15.3. The standard InChI is InChI=1S/C18H14N4O2/c1-24-14-9-7-12(8-10-14)17(23)16-15(11-19)18(20)22(21-16)13-5-3-2-4-6-13/h2-10H,20H2,1H3. The molecule has 0 aliphatic heterocycles. The van der Waals surface area contributed by atoms with Gasteiger partial charge in [0.25, 0.3) is 0 Å². The van der Waals surface area contributed by atoms with Crippen LogP contribution in [0.4, 0.5) is 5.82 Å². The van der Waals surface area contributed by atoms with Crippen molar-refractivity contribution in [1.82, 2.24) is 9.78 Å². The number of carbonyl (C=O) groups excluding carboxylic acids is 1. The van der Waals surface area contributed by atoms with E-state index in [0.29, 0.717) is 17.0 Å². The summed E-state index contributed by atoms with van der Waals surface area (Å²) in [7, 11) is 1.55. The number of hydrogen-bond acceptors (Lipinski definition) is 5. The molecule has 0 atom stereocenters. The molecule has 118 valence electrons. The molecule has 0 saturated carbocycles. The highest BCUT2D eigenvalue weighted by molar-refractivity contribution is 6.10. The van der Waals surface area contributed by atoms with E-state index in [1.165, 1.54) is 4.68 Å². The first-order chi connectivity index (χ1) is 11.7. The lowest BCUT2D eigenvalue weighted by atomic mass is 10.1.